The average Bonchev–Trinajstić information content (AvgIpc) is 2.54. The highest BCUT2D eigenvalue weighted by Crippen LogP contribution is 2.38. The van der Waals surface area contributed by atoms with Gasteiger partial charge >= 0.3 is 5.91 Å². The van der Waals surface area contributed by atoms with Crippen LogP contribution in [0.2, 0.25) is 0 Å². The monoisotopic (exact) mass is 194 g/mol. The van der Waals surface area contributed by atoms with Crippen molar-refractivity contribution in [3.05, 3.63) is 23.8 Å². The molecule has 4 heteroatoms. The fourth-order valence-electron chi connectivity index (χ4n) is 1.38. The second-order valence-corrected chi connectivity index (χ2v) is 3.35. The van der Waals surface area contributed by atoms with Gasteiger partial charge in [0.1, 0.15) is 0 Å². The zero-order valence-electron chi connectivity index (χ0n) is 8.12. The summed E-state index contributed by atoms with van der Waals surface area (Å²) in [7, 11) is 0. The first kappa shape index (κ1) is 9.30. The van der Waals surface area contributed by atoms with Crippen molar-refractivity contribution in [3.8, 4) is 11.5 Å². The van der Waals surface area contributed by atoms with Crippen molar-refractivity contribution < 1.29 is 9.47 Å². The number of rotatable bonds is 2. The second kappa shape index (κ2) is 3.15. The molecule has 0 saturated carbocycles. The maximum atomic E-state index is 5.82. The molecule has 0 spiro atoms. The lowest BCUT2D eigenvalue weighted by Crippen LogP contribution is -2.47. The molecule has 2 rings (SSSR count). The Kier molecular flexibility index (Phi) is 2.09. The molecular weight excluding hydrogens is 180 g/mol. The van der Waals surface area contributed by atoms with E-state index in [0.29, 0.717) is 24.5 Å². The molecule has 1 heterocycles. The SMILES string of the molecule is CCC1(N)Oc2ccc(CN)cc2O1. The first-order valence-electron chi connectivity index (χ1n) is 4.67. The molecule has 14 heavy (non-hydrogen) atoms. The van der Waals surface area contributed by atoms with Gasteiger partial charge in [0.2, 0.25) is 0 Å². The number of fused-ring (bicyclic) bond motifs is 1. The summed E-state index contributed by atoms with van der Waals surface area (Å²) in [6.45, 7) is 2.40. The minimum absolute atomic E-state index is 0.486. The summed E-state index contributed by atoms with van der Waals surface area (Å²) < 4.78 is 10.9. The first-order chi connectivity index (χ1) is 6.67. The Morgan fingerprint density at radius 3 is 2.64 bits per heavy atom. The molecule has 1 aromatic rings. The van der Waals surface area contributed by atoms with E-state index in [1.807, 2.05) is 25.1 Å². The van der Waals surface area contributed by atoms with E-state index in [1.165, 1.54) is 0 Å². The van der Waals surface area contributed by atoms with Crippen LogP contribution in [0.3, 0.4) is 0 Å². The standard InChI is InChI=1S/C10H14N2O2/c1-2-10(12)13-8-4-3-7(6-11)5-9(8)14-10/h3-5H,2,6,11-12H2,1H3. The van der Waals surface area contributed by atoms with Crippen molar-refractivity contribution in [2.24, 2.45) is 11.5 Å². The Labute approximate surface area is 82.8 Å². The van der Waals surface area contributed by atoms with E-state index in [0.717, 1.165) is 5.56 Å². The highest BCUT2D eigenvalue weighted by atomic mass is 16.7. The Morgan fingerprint density at radius 1 is 1.29 bits per heavy atom. The molecule has 4 nitrogen and oxygen atoms in total. The van der Waals surface area contributed by atoms with E-state index in [9.17, 15) is 0 Å². The largest absolute Gasteiger partial charge is 0.436 e. The Bertz CT molecular complexity index is 354. The van der Waals surface area contributed by atoms with E-state index >= 15 is 0 Å². The predicted octanol–water partition coefficient (Wildman–Crippen LogP) is 0.939. The highest BCUT2D eigenvalue weighted by Gasteiger charge is 2.35. The number of benzene rings is 1. The van der Waals surface area contributed by atoms with Gasteiger partial charge in [-0.2, -0.15) is 0 Å². The molecule has 1 aromatic carbocycles. The van der Waals surface area contributed by atoms with Crippen LogP contribution in [0.15, 0.2) is 18.2 Å². The van der Waals surface area contributed by atoms with E-state index < -0.39 is 5.91 Å². The molecule has 1 unspecified atom stereocenters. The third kappa shape index (κ3) is 1.42. The molecular formula is C10H14N2O2. The molecule has 0 aromatic heterocycles. The molecule has 0 saturated heterocycles. The molecule has 0 fully saturated rings. The smallest absolute Gasteiger partial charge is 0.310 e. The third-order valence-corrected chi connectivity index (χ3v) is 2.30. The minimum atomic E-state index is -1.00. The fraction of sp³-hybridized carbons (Fsp3) is 0.400. The van der Waals surface area contributed by atoms with Crippen LogP contribution in [0.4, 0.5) is 0 Å². The van der Waals surface area contributed by atoms with E-state index in [-0.39, 0.29) is 0 Å². The van der Waals surface area contributed by atoms with Gasteiger partial charge in [-0.05, 0) is 17.7 Å². The summed E-state index contributed by atoms with van der Waals surface area (Å²) in [5.74, 6) is 0.360. The van der Waals surface area contributed by atoms with E-state index in [2.05, 4.69) is 0 Å². The number of ether oxygens (including phenoxy) is 2. The molecule has 0 amide bonds. The van der Waals surface area contributed by atoms with Gasteiger partial charge in [0.05, 0.1) is 0 Å². The van der Waals surface area contributed by atoms with Gasteiger partial charge in [0.25, 0.3) is 0 Å². The van der Waals surface area contributed by atoms with Crippen LogP contribution in [0, 0.1) is 0 Å². The van der Waals surface area contributed by atoms with Crippen LogP contribution < -0.4 is 20.9 Å². The second-order valence-electron chi connectivity index (χ2n) is 3.35. The van der Waals surface area contributed by atoms with Crippen LogP contribution in [-0.2, 0) is 6.54 Å². The molecule has 0 bridgehead atoms. The maximum absolute atomic E-state index is 5.82. The van der Waals surface area contributed by atoms with Crippen LogP contribution in [0.1, 0.15) is 18.9 Å². The van der Waals surface area contributed by atoms with Crippen molar-refractivity contribution in [1.29, 1.82) is 0 Å². The van der Waals surface area contributed by atoms with Gasteiger partial charge in [-0.1, -0.05) is 13.0 Å². The Morgan fingerprint density at radius 2 is 2.00 bits per heavy atom. The summed E-state index contributed by atoms with van der Waals surface area (Å²) >= 11 is 0. The van der Waals surface area contributed by atoms with Gasteiger partial charge in [-0.15, -0.1) is 0 Å². The lowest BCUT2D eigenvalue weighted by Gasteiger charge is -2.19. The van der Waals surface area contributed by atoms with Gasteiger partial charge in [-0.25, -0.2) is 0 Å². The topological polar surface area (TPSA) is 70.5 Å². The van der Waals surface area contributed by atoms with Crippen LogP contribution >= 0.6 is 0 Å². The number of nitrogens with two attached hydrogens (primary N) is 2. The normalized spacial score (nSPS) is 23.9. The molecule has 4 N–H and O–H groups in total. The van der Waals surface area contributed by atoms with E-state index in [1.54, 1.807) is 0 Å². The molecule has 0 radical (unpaired) electrons. The fourth-order valence-corrected chi connectivity index (χ4v) is 1.38. The van der Waals surface area contributed by atoms with Gasteiger partial charge < -0.3 is 15.2 Å². The van der Waals surface area contributed by atoms with Crippen LogP contribution in [-0.4, -0.2) is 5.91 Å². The van der Waals surface area contributed by atoms with Crippen molar-refractivity contribution >= 4 is 0 Å². The molecule has 76 valence electrons. The van der Waals surface area contributed by atoms with Crippen LogP contribution in [0.25, 0.3) is 0 Å². The summed E-state index contributed by atoms with van der Waals surface area (Å²) in [6.07, 6.45) is 0.597. The Hall–Kier alpha value is -1.26. The first-order valence-corrected chi connectivity index (χ1v) is 4.67. The number of hydrogen-bond donors (Lipinski definition) is 2. The average molecular weight is 194 g/mol. The zero-order chi connectivity index (χ0) is 10.2. The van der Waals surface area contributed by atoms with Crippen molar-refractivity contribution in [3.63, 3.8) is 0 Å². The molecule has 1 aliphatic rings. The zero-order valence-corrected chi connectivity index (χ0v) is 8.12. The van der Waals surface area contributed by atoms with Crippen molar-refractivity contribution in [1.82, 2.24) is 0 Å². The third-order valence-electron chi connectivity index (χ3n) is 2.30. The molecule has 1 aliphatic heterocycles. The van der Waals surface area contributed by atoms with Gasteiger partial charge in [-0.3, -0.25) is 5.73 Å². The van der Waals surface area contributed by atoms with E-state index in [4.69, 9.17) is 20.9 Å². The quantitative estimate of drug-likeness (QED) is 0.735. The highest BCUT2D eigenvalue weighted by molar-refractivity contribution is 5.45. The maximum Gasteiger partial charge on any atom is 0.310 e. The number of hydrogen-bond acceptors (Lipinski definition) is 4. The molecule has 0 aliphatic carbocycles. The van der Waals surface area contributed by atoms with Crippen molar-refractivity contribution in [2.75, 3.05) is 0 Å². The summed E-state index contributed by atoms with van der Waals surface area (Å²) in [6, 6.07) is 5.60. The summed E-state index contributed by atoms with van der Waals surface area (Å²) in [5.41, 5.74) is 12.3. The predicted molar refractivity (Wildman–Crippen MR) is 52.8 cm³/mol. The van der Waals surface area contributed by atoms with Crippen molar-refractivity contribution in [2.45, 2.75) is 25.8 Å². The summed E-state index contributed by atoms with van der Waals surface area (Å²) in [5, 5.41) is 0. The summed E-state index contributed by atoms with van der Waals surface area (Å²) in [4.78, 5) is 0. The minimum Gasteiger partial charge on any atom is -0.436 e. The lowest BCUT2D eigenvalue weighted by molar-refractivity contribution is -0.0758. The van der Waals surface area contributed by atoms with Gasteiger partial charge in [0, 0.05) is 13.0 Å². The van der Waals surface area contributed by atoms with Crippen LogP contribution in [0.5, 0.6) is 11.5 Å². The van der Waals surface area contributed by atoms with Gasteiger partial charge in [0.15, 0.2) is 11.5 Å². The Balaban J connectivity index is 2.31. The molecule has 1 atom stereocenters. The lowest BCUT2D eigenvalue weighted by atomic mass is 10.2.